The molecule has 5 rings (SSSR count). The van der Waals surface area contributed by atoms with E-state index >= 15 is 0 Å². The van der Waals surface area contributed by atoms with Crippen molar-refractivity contribution in [2.24, 2.45) is 16.8 Å². The van der Waals surface area contributed by atoms with Crippen molar-refractivity contribution in [3.63, 3.8) is 0 Å². The van der Waals surface area contributed by atoms with E-state index in [2.05, 4.69) is 21.6 Å². The quantitative estimate of drug-likeness (QED) is 0.546. The molecule has 1 aliphatic carbocycles. The molecule has 0 aromatic heterocycles. The SMILES string of the molecule is N#CC(C(=O)OCC1CCCCC1)C1Nc2ccc(-c3ccccc3O)cc2N=C1N1CCNCC1. The van der Waals surface area contributed by atoms with E-state index in [9.17, 15) is 15.2 Å². The number of nitrogens with one attached hydrogen (secondary N) is 2. The van der Waals surface area contributed by atoms with Gasteiger partial charge in [-0.3, -0.25) is 4.79 Å². The Morgan fingerprint density at radius 1 is 1.17 bits per heavy atom. The number of benzene rings is 2. The van der Waals surface area contributed by atoms with Crippen LogP contribution in [-0.2, 0) is 9.53 Å². The zero-order valence-electron chi connectivity index (χ0n) is 20.4. The van der Waals surface area contributed by atoms with Crippen LogP contribution in [0.25, 0.3) is 11.1 Å². The number of carbonyl (C=O) groups is 1. The molecule has 2 aliphatic heterocycles. The molecular formula is C28H33N5O3. The topological polar surface area (TPSA) is 110 Å². The Bertz CT molecular complexity index is 1160. The van der Waals surface area contributed by atoms with Gasteiger partial charge in [0, 0.05) is 31.7 Å². The number of nitriles is 1. The predicted molar refractivity (Wildman–Crippen MR) is 139 cm³/mol. The largest absolute Gasteiger partial charge is 0.507 e. The summed E-state index contributed by atoms with van der Waals surface area (Å²) in [6.07, 6.45) is 5.74. The fourth-order valence-corrected chi connectivity index (χ4v) is 5.36. The minimum atomic E-state index is -1.01. The van der Waals surface area contributed by atoms with Gasteiger partial charge in [-0.15, -0.1) is 0 Å². The van der Waals surface area contributed by atoms with Crippen molar-refractivity contribution in [3.8, 4) is 22.9 Å². The van der Waals surface area contributed by atoms with Gasteiger partial charge in [-0.2, -0.15) is 5.26 Å². The second-order valence-electron chi connectivity index (χ2n) is 9.82. The van der Waals surface area contributed by atoms with Crippen LogP contribution in [-0.4, -0.2) is 60.6 Å². The first-order chi connectivity index (χ1) is 17.6. The van der Waals surface area contributed by atoms with E-state index in [4.69, 9.17) is 9.73 Å². The number of para-hydroxylation sites is 1. The third kappa shape index (κ3) is 5.17. The number of hydrogen-bond acceptors (Lipinski definition) is 8. The molecule has 0 spiro atoms. The fourth-order valence-electron chi connectivity index (χ4n) is 5.36. The smallest absolute Gasteiger partial charge is 0.325 e. The number of phenolic OH excluding ortho intramolecular Hbond substituents is 1. The van der Waals surface area contributed by atoms with Crippen LogP contribution in [0, 0.1) is 23.2 Å². The summed E-state index contributed by atoms with van der Waals surface area (Å²) >= 11 is 0. The van der Waals surface area contributed by atoms with Gasteiger partial charge in [0.05, 0.1) is 24.1 Å². The standard InChI is InChI=1S/C28H33N5O3/c29-17-22(28(35)36-18-19-6-2-1-3-7-19)26-27(33-14-12-30-13-15-33)32-24-16-20(10-11-23(24)31-26)21-8-4-5-9-25(21)34/h4-5,8-11,16,19,22,26,30-31,34H,1-3,6-7,12-15,18H2. The molecule has 3 N–H and O–H groups in total. The van der Waals surface area contributed by atoms with Crippen molar-refractivity contribution >= 4 is 23.2 Å². The highest BCUT2D eigenvalue weighted by atomic mass is 16.5. The summed E-state index contributed by atoms with van der Waals surface area (Å²) in [7, 11) is 0. The lowest BCUT2D eigenvalue weighted by Crippen LogP contribution is -2.55. The van der Waals surface area contributed by atoms with Crippen LogP contribution in [0.5, 0.6) is 5.75 Å². The molecule has 0 amide bonds. The number of fused-ring (bicyclic) bond motifs is 1. The molecule has 2 heterocycles. The number of aliphatic imine (C=N–C) groups is 1. The van der Waals surface area contributed by atoms with E-state index < -0.39 is 17.9 Å². The summed E-state index contributed by atoms with van der Waals surface area (Å²) in [5.41, 5.74) is 3.04. The number of esters is 1. The molecule has 2 aromatic rings. The van der Waals surface area contributed by atoms with Crippen LogP contribution in [0.1, 0.15) is 32.1 Å². The number of hydrogen-bond donors (Lipinski definition) is 3. The van der Waals surface area contributed by atoms with E-state index in [0.717, 1.165) is 55.8 Å². The summed E-state index contributed by atoms with van der Waals surface area (Å²) in [5.74, 6) is -0.225. The molecule has 2 atom stereocenters. The summed E-state index contributed by atoms with van der Waals surface area (Å²) in [4.78, 5) is 20.3. The molecule has 8 heteroatoms. The van der Waals surface area contributed by atoms with E-state index in [1.807, 2.05) is 30.3 Å². The van der Waals surface area contributed by atoms with Crippen LogP contribution < -0.4 is 10.6 Å². The number of anilines is 1. The average Bonchev–Trinajstić information content (AvgIpc) is 2.93. The lowest BCUT2D eigenvalue weighted by atomic mass is 9.90. The maximum atomic E-state index is 13.1. The zero-order valence-corrected chi connectivity index (χ0v) is 20.4. The average molecular weight is 488 g/mol. The molecule has 2 aromatic carbocycles. The van der Waals surface area contributed by atoms with Gasteiger partial charge >= 0.3 is 5.97 Å². The van der Waals surface area contributed by atoms with Gasteiger partial charge in [-0.1, -0.05) is 43.5 Å². The van der Waals surface area contributed by atoms with Crippen molar-refractivity contribution in [2.75, 3.05) is 38.1 Å². The fraction of sp³-hybridized carbons (Fsp3) is 0.464. The van der Waals surface area contributed by atoms with Crippen molar-refractivity contribution in [3.05, 3.63) is 42.5 Å². The highest BCUT2D eigenvalue weighted by Crippen LogP contribution is 2.38. The molecule has 3 aliphatic rings. The van der Waals surface area contributed by atoms with E-state index in [-0.39, 0.29) is 5.75 Å². The van der Waals surface area contributed by atoms with E-state index in [0.29, 0.717) is 24.0 Å². The molecule has 8 nitrogen and oxygen atoms in total. The van der Waals surface area contributed by atoms with Gasteiger partial charge in [0.2, 0.25) is 0 Å². The Kier molecular flexibility index (Phi) is 7.38. The Labute approximate surface area is 212 Å². The Morgan fingerprint density at radius 2 is 1.94 bits per heavy atom. The third-order valence-electron chi connectivity index (χ3n) is 7.39. The number of nitrogens with zero attached hydrogens (tertiary/aromatic N) is 3. The summed E-state index contributed by atoms with van der Waals surface area (Å²) in [6, 6.07) is 14.5. The monoisotopic (exact) mass is 487 g/mol. The normalized spacial score (nSPS) is 20.9. The maximum absolute atomic E-state index is 13.1. The number of phenols is 1. The van der Waals surface area contributed by atoms with Gasteiger partial charge < -0.3 is 25.4 Å². The summed E-state index contributed by atoms with van der Waals surface area (Å²) < 4.78 is 5.69. The number of amidine groups is 1. The van der Waals surface area contributed by atoms with Gasteiger partial charge in [0.15, 0.2) is 5.92 Å². The number of ether oxygens (including phenoxy) is 1. The molecule has 1 saturated carbocycles. The molecule has 0 bridgehead atoms. The third-order valence-corrected chi connectivity index (χ3v) is 7.39. The first-order valence-electron chi connectivity index (χ1n) is 12.9. The number of aromatic hydroxyl groups is 1. The first kappa shape index (κ1) is 24.1. The van der Waals surface area contributed by atoms with Gasteiger partial charge in [0.1, 0.15) is 17.6 Å². The minimum Gasteiger partial charge on any atom is -0.507 e. The molecular weight excluding hydrogens is 454 g/mol. The molecule has 2 unspecified atom stereocenters. The van der Waals surface area contributed by atoms with Crippen LogP contribution in [0.15, 0.2) is 47.5 Å². The van der Waals surface area contributed by atoms with Crippen molar-refractivity contribution in [1.82, 2.24) is 10.2 Å². The summed E-state index contributed by atoms with van der Waals surface area (Å²) in [5, 5.41) is 27.2. The predicted octanol–water partition coefficient (Wildman–Crippen LogP) is 4.05. The highest BCUT2D eigenvalue weighted by molar-refractivity contribution is 6.01. The molecule has 1 saturated heterocycles. The molecule has 188 valence electrons. The Balaban J connectivity index is 1.42. The summed E-state index contributed by atoms with van der Waals surface area (Å²) in [6.45, 7) is 3.46. The Hall–Kier alpha value is -3.57. The lowest BCUT2D eigenvalue weighted by molar-refractivity contribution is -0.148. The van der Waals surface area contributed by atoms with Crippen molar-refractivity contribution in [1.29, 1.82) is 5.26 Å². The lowest BCUT2D eigenvalue weighted by Gasteiger charge is -2.38. The minimum absolute atomic E-state index is 0.204. The molecule has 0 radical (unpaired) electrons. The maximum Gasteiger partial charge on any atom is 0.325 e. The van der Waals surface area contributed by atoms with E-state index in [1.54, 1.807) is 12.1 Å². The second-order valence-corrected chi connectivity index (χ2v) is 9.82. The van der Waals surface area contributed by atoms with Crippen LogP contribution >= 0.6 is 0 Å². The second kappa shape index (κ2) is 11.0. The van der Waals surface area contributed by atoms with Crippen molar-refractivity contribution < 1.29 is 14.6 Å². The molecule has 36 heavy (non-hydrogen) atoms. The van der Waals surface area contributed by atoms with Gasteiger partial charge in [-0.25, -0.2) is 4.99 Å². The van der Waals surface area contributed by atoms with E-state index in [1.165, 1.54) is 19.3 Å². The van der Waals surface area contributed by atoms with Crippen LogP contribution in [0.3, 0.4) is 0 Å². The van der Waals surface area contributed by atoms with Gasteiger partial charge in [0.25, 0.3) is 0 Å². The highest BCUT2D eigenvalue weighted by Gasteiger charge is 2.39. The Morgan fingerprint density at radius 3 is 2.69 bits per heavy atom. The number of carbonyl (C=O) groups excluding carboxylic acids is 1. The molecule has 2 fully saturated rings. The van der Waals surface area contributed by atoms with Crippen molar-refractivity contribution in [2.45, 2.75) is 38.1 Å². The number of piperazine rings is 1. The first-order valence-corrected chi connectivity index (χ1v) is 12.9. The number of rotatable bonds is 5. The van der Waals surface area contributed by atoms with Gasteiger partial charge in [-0.05, 0) is 42.5 Å². The van der Waals surface area contributed by atoms with Crippen LogP contribution in [0.2, 0.25) is 0 Å². The van der Waals surface area contributed by atoms with Crippen LogP contribution in [0.4, 0.5) is 11.4 Å². The zero-order chi connectivity index (χ0) is 24.9.